The third kappa shape index (κ3) is 4.81. The first-order chi connectivity index (χ1) is 15.4. The van der Waals surface area contributed by atoms with E-state index < -0.39 is 30.4 Å². The Balaban J connectivity index is 1.39. The fraction of sp³-hybridized carbons (Fsp3) is 0.409. The Bertz CT molecular complexity index is 1160. The first-order valence-corrected chi connectivity index (χ1v) is 10.2. The molecule has 1 atom stereocenters. The van der Waals surface area contributed by atoms with Crippen LogP contribution in [0.3, 0.4) is 0 Å². The van der Waals surface area contributed by atoms with E-state index >= 15 is 0 Å². The summed E-state index contributed by atoms with van der Waals surface area (Å²) in [4.78, 5) is 16.6. The monoisotopic (exact) mass is 470 g/mol. The number of fused-ring (bicyclic) bond motifs is 1. The molecule has 1 aliphatic rings. The first kappa shape index (κ1) is 23.1. The maximum Gasteiger partial charge on any atom is 0.408 e. The number of rotatable bonds is 6. The lowest BCUT2D eigenvalue weighted by Crippen LogP contribution is -2.29. The molecule has 1 saturated carbocycles. The van der Waals surface area contributed by atoms with Crippen LogP contribution in [-0.2, 0) is 23.2 Å². The number of aromatic nitrogens is 3. The third-order valence-corrected chi connectivity index (χ3v) is 5.86. The minimum atomic E-state index is -4.41. The van der Waals surface area contributed by atoms with Gasteiger partial charge >= 0.3 is 12.4 Å². The Morgan fingerprint density at radius 1 is 1.12 bits per heavy atom. The Labute approximate surface area is 184 Å². The molecule has 0 bridgehead atoms. The van der Waals surface area contributed by atoms with Gasteiger partial charge in [0, 0.05) is 5.39 Å². The van der Waals surface area contributed by atoms with E-state index in [1.807, 2.05) is 0 Å². The van der Waals surface area contributed by atoms with Gasteiger partial charge in [-0.3, -0.25) is 14.5 Å². The van der Waals surface area contributed by atoms with Gasteiger partial charge in [0.25, 0.3) is 0 Å². The molecule has 0 saturated heterocycles. The maximum absolute atomic E-state index is 13.2. The summed E-state index contributed by atoms with van der Waals surface area (Å²) in [6.07, 6.45) is -6.02. The second kappa shape index (κ2) is 8.03. The summed E-state index contributed by atoms with van der Waals surface area (Å²) in [6, 6.07) is 6.89. The van der Waals surface area contributed by atoms with Crippen molar-refractivity contribution in [3.05, 3.63) is 59.5 Å². The van der Waals surface area contributed by atoms with E-state index in [2.05, 4.69) is 15.4 Å². The van der Waals surface area contributed by atoms with Crippen LogP contribution in [0.1, 0.15) is 42.6 Å². The second-order valence-corrected chi connectivity index (χ2v) is 8.33. The van der Waals surface area contributed by atoms with E-state index in [4.69, 9.17) is 0 Å². The minimum Gasteiger partial charge on any atom is -0.348 e. The lowest BCUT2D eigenvalue weighted by molar-refractivity contribution is -0.160. The fourth-order valence-electron chi connectivity index (χ4n) is 3.88. The molecule has 11 heteroatoms. The highest BCUT2D eigenvalue weighted by atomic mass is 19.4. The molecular formula is C22H20F6N4O. The Morgan fingerprint density at radius 3 is 2.36 bits per heavy atom. The van der Waals surface area contributed by atoms with Crippen molar-refractivity contribution < 1.29 is 31.1 Å². The molecule has 1 N–H and O–H groups in total. The molecule has 0 unspecified atom stereocenters. The van der Waals surface area contributed by atoms with Crippen molar-refractivity contribution in [2.75, 3.05) is 0 Å². The smallest absolute Gasteiger partial charge is 0.348 e. The van der Waals surface area contributed by atoms with Crippen molar-refractivity contribution in [2.24, 2.45) is 0 Å². The Kier molecular flexibility index (Phi) is 5.61. The minimum absolute atomic E-state index is 0.0323. The number of carbonyl (C=O) groups is 1. The second-order valence-electron chi connectivity index (χ2n) is 8.33. The summed E-state index contributed by atoms with van der Waals surface area (Å²) < 4.78 is 78.4. The highest BCUT2D eigenvalue weighted by Gasteiger charge is 2.64. The van der Waals surface area contributed by atoms with E-state index in [0.717, 1.165) is 4.68 Å². The van der Waals surface area contributed by atoms with Crippen LogP contribution in [0.4, 0.5) is 26.3 Å². The fourth-order valence-corrected chi connectivity index (χ4v) is 3.88. The van der Waals surface area contributed by atoms with Gasteiger partial charge in [-0.15, -0.1) is 0 Å². The van der Waals surface area contributed by atoms with Crippen molar-refractivity contribution in [2.45, 2.75) is 56.5 Å². The van der Waals surface area contributed by atoms with Gasteiger partial charge in [0.2, 0.25) is 5.91 Å². The SMILES string of the molecule is C[C@@H](NC(=O)Cc1ccc(C2(C(F)(F)F)CC2)cc1)c1cc2cnn(CC(F)(F)F)c2cn1. The van der Waals surface area contributed by atoms with E-state index in [-0.39, 0.29) is 36.2 Å². The van der Waals surface area contributed by atoms with Crippen molar-refractivity contribution in [3.8, 4) is 0 Å². The molecule has 1 amide bonds. The zero-order valence-corrected chi connectivity index (χ0v) is 17.5. The van der Waals surface area contributed by atoms with Crippen LogP contribution < -0.4 is 5.32 Å². The predicted molar refractivity (Wildman–Crippen MR) is 107 cm³/mol. The van der Waals surface area contributed by atoms with Crippen LogP contribution in [0.15, 0.2) is 42.7 Å². The van der Waals surface area contributed by atoms with Crippen molar-refractivity contribution in [3.63, 3.8) is 0 Å². The number of hydrogen-bond acceptors (Lipinski definition) is 3. The van der Waals surface area contributed by atoms with Gasteiger partial charge in [-0.2, -0.15) is 31.4 Å². The highest BCUT2D eigenvalue weighted by molar-refractivity contribution is 5.80. The van der Waals surface area contributed by atoms with E-state index in [9.17, 15) is 31.1 Å². The number of hydrogen-bond donors (Lipinski definition) is 1. The summed E-state index contributed by atoms with van der Waals surface area (Å²) >= 11 is 0. The number of pyridine rings is 1. The van der Waals surface area contributed by atoms with Crippen LogP contribution in [0.25, 0.3) is 10.9 Å². The molecule has 0 aliphatic heterocycles. The molecule has 33 heavy (non-hydrogen) atoms. The molecule has 0 spiro atoms. The number of halogens is 6. The Hall–Kier alpha value is -3.11. The molecule has 2 heterocycles. The maximum atomic E-state index is 13.2. The topological polar surface area (TPSA) is 59.8 Å². The number of alkyl halides is 6. The van der Waals surface area contributed by atoms with Gasteiger partial charge in [-0.1, -0.05) is 24.3 Å². The molecule has 1 aromatic carbocycles. The normalized spacial score (nSPS) is 16.6. The molecular weight excluding hydrogens is 450 g/mol. The average molecular weight is 470 g/mol. The zero-order chi connectivity index (χ0) is 24.0. The summed E-state index contributed by atoms with van der Waals surface area (Å²) in [5.41, 5.74) is -0.324. The van der Waals surface area contributed by atoms with Gasteiger partial charge in [0.05, 0.1) is 41.5 Å². The lowest BCUT2D eigenvalue weighted by Gasteiger charge is -2.20. The number of nitrogens with zero attached hydrogens (tertiary/aromatic N) is 3. The van der Waals surface area contributed by atoms with Crippen LogP contribution in [0, 0.1) is 0 Å². The first-order valence-electron chi connectivity index (χ1n) is 10.2. The van der Waals surface area contributed by atoms with Gasteiger partial charge < -0.3 is 5.32 Å². The van der Waals surface area contributed by atoms with E-state index in [0.29, 0.717) is 16.6 Å². The largest absolute Gasteiger partial charge is 0.408 e. The van der Waals surface area contributed by atoms with Crippen molar-refractivity contribution >= 4 is 16.8 Å². The number of carbonyl (C=O) groups excluding carboxylic acids is 1. The number of benzene rings is 1. The molecule has 5 nitrogen and oxygen atoms in total. The summed E-state index contributed by atoms with van der Waals surface area (Å²) in [6.45, 7) is 0.447. The lowest BCUT2D eigenvalue weighted by atomic mass is 9.94. The van der Waals surface area contributed by atoms with Crippen molar-refractivity contribution in [1.29, 1.82) is 0 Å². The average Bonchev–Trinajstić information content (AvgIpc) is 3.45. The molecule has 176 valence electrons. The highest BCUT2D eigenvalue weighted by Crippen LogP contribution is 2.58. The predicted octanol–water partition coefficient (Wildman–Crippen LogP) is 5.01. The van der Waals surface area contributed by atoms with Crippen LogP contribution in [0.2, 0.25) is 0 Å². The number of nitrogens with one attached hydrogen (secondary N) is 1. The zero-order valence-electron chi connectivity index (χ0n) is 17.5. The van der Waals surface area contributed by atoms with E-state index in [1.54, 1.807) is 13.0 Å². The van der Waals surface area contributed by atoms with Crippen LogP contribution in [0.5, 0.6) is 0 Å². The molecule has 3 aromatic rings. The van der Waals surface area contributed by atoms with Gasteiger partial charge in [-0.05, 0) is 37.0 Å². The molecule has 1 fully saturated rings. The van der Waals surface area contributed by atoms with Crippen LogP contribution >= 0.6 is 0 Å². The van der Waals surface area contributed by atoms with Gasteiger partial charge in [-0.25, -0.2) is 0 Å². The summed E-state index contributed by atoms with van der Waals surface area (Å²) in [7, 11) is 0. The quantitative estimate of drug-likeness (QED) is 0.516. The molecule has 2 aromatic heterocycles. The van der Waals surface area contributed by atoms with Crippen molar-refractivity contribution in [1.82, 2.24) is 20.1 Å². The summed E-state index contributed by atoms with van der Waals surface area (Å²) in [5, 5.41) is 6.95. The molecule has 0 radical (unpaired) electrons. The number of amides is 1. The van der Waals surface area contributed by atoms with E-state index in [1.165, 1.54) is 36.7 Å². The standard InChI is InChI=1S/C22H20F6N4O/c1-13(17-9-15-10-30-32(12-21(23,24)25)18(15)11-29-17)31-19(33)8-14-2-4-16(5-3-14)20(6-7-20)22(26,27)28/h2-5,9-11,13H,6-8,12H2,1H3,(H,31,33)/t13-/m1/s1. The van der Waals surface area contributed by atoms with Gasteiger partial charge in [0.15, 0.2) is 0 Å². The third-order valence-electron chi connectivity index (χ3n) is 5.86. The van der Waals surface area contributed by atoms with Gasteiger partial charge in [0.1, 0.15) is 6.54 Å². The molecule has 4 rings (SSSR count). The Morgan fingerprint density at radius 2 is 1.79 bits per heavy atom. The van der Waals surface area contributed by atoms with Crippen LogP contribution in [-0.4, -0.2) is 33.0 Å². The molecule has 1 aliphatic carbocycles. The summed E-state index contributed by atoms with van der Waals surface area (Å²) in [5.74, 6) is -0.359.